The lowest BCUT2D eigenvalue weighted by Crippen LogP contribution is -2.21. The van der Waals surface area contributed by atoms with Gasteiger partial charge < -0.3 is 11.1 Å². The van der Waals surface area contributed by atoms with Crippen LogP contribution in [0.3, 0.4) is 0 Å². The van der Waals surface area contributed by atoms with Crippen LogP contribution in [0.4, 0.5) is 11.4 Å². The van der Waals surface area contributed by atoms with Crippen LogP contribution in [-0.2, 0) is 10.0 Å². The second kappa shape index (κ2) is 6.25. The van der Waals surface area contributed by atoms with Gasteiger partial charge in [-0.15, -0.1) is 0 Å². The van der Waals surface area contributed by atoms with Crippen molar-refractivity contribution in [3.63, 3.8) is 0 Å². The van der Waals surface area contributed by atoms with Gasteiger partial charge in [-0.05, 0) is 44.5 Å². The molecule has 0 aromatic heterocycles. The van der Waals surface area contributed by atoms with Gasteiger partial charge in [0.1, 0.15) is 4.90 Å². The molecule has 0 fully saturated rings. The minimum absolute atomic E-state index is 0.108. The molecule has 5 nitrogen and oxygen atoms in total. The quantitative estimate of drug-likeness (QED) is 0.698. The highest BCUT2D eigenvalue weighted by atomic mass is 32.2. The number of nitrogen functional groups attached to an aromatic ring is 1. The van der Waals surface area contributed by atoms with Crippen molar-refractivity contribution in [3.05, 3.63) is 18.2 Å². The SMILES string of the molecule is CNS(=O)(=O)c1ccc(NC(C)CC(C)C)cc1N. The molecule has 1 aromatic rings. The van der Waals surface area contributed by atoms with Crippen LogP contribution in [0.15, 0.2) is 23.1 Å². The van der Waals surface area contributed by atoms with E-state index in [0.717, 1.165) is 12.1 Å². The first-order chi connectivity index (χ1) is 8.76. The van der Waals surface area contributed by atoms with Gasteiger partial charge in [0.25, 0.3) is 0 Å². The molecule has 0 heterocycles. The van der Waals surface area contributed by atoms with E-state index in [-0.39, 0.29) is 10.6 Å². The van der Waals surface area contributed by atoms with Crippen LogP contribution >= 0.6 is 0 Å². The fraction of sp³-hybridized carbons (Fsp3) is 0.538. The van der Waals surface area contributed by atoms with Gasteiger partial charge in [-0.1, -0.05) is 13.8 Å². The molecule has 0 amide bonds. The summed E-state index contributed by atoms with van der Waals surface area (Å²) < 4.78 is 25.6. The molecule has 1 atom stereocenters. The summed E-state index contributed by atoms with van der Waals surface area (Å²) in [5.74, 6) is 0.601. The van der Waals surface area contributed by atoms with Crippen molar-refractivity contribution in [3.8, 4) is 0 Å². The van der Waals surface area contributed by atoms with Gasteiger partial charge in [0.15, 0.2) is 0 Å². The summed E-state index contributed by atoms with van der Waals surface area (Å²) in [5.41, 5.74) is 6.88. The molecular weight excluding hydrogens is 262 g/mol. The molecule has 0 spiro atoms. The normalized spacial score (nSPS) is 13.5. The Morgan fingerprint density at radius 3 is 2.37 bits per heavy atom. The molecule has 6 heteroatoms. The molecule has 0 bridgehead atoms. The van der Waals surface area contributed by atoms with Gasteiger partial charge in [-0.2, -0.15) is 0 Å². The first-order valence-electron chi connectivity index (χ1n) is 6.36. The number of nitrogens with two attached hydrogens (primary N) is 1. The van der Waals surface area contributed by atoms with Crippen LogP contribution in [0.2, 0.25) is 0 Å². The number of anilines is 2. The molecule has 1 aromatic carbocycles. The molecular formula is C13H23N3O2S. The zero-order valence-corrected chi connectivity index (χ0v) is 12.7. The van der Waals surface area contributed by atoms with Gasteiger partial charge in [0.2, 0.25) is 10.0 Å². The average Bonchev–Trinajstić information content (AvgIpc) is 2.27. The number of benzene rings is 1. The van der Waals surface area contributed by atoms with Crippen molar-refractivity contribution >= 4 is 21.4 Å². The van der Waals surface area contributed by atoms with Crippen LogP contribution in [0.1, 0.15) is 27.2 Å². The van der Waals surface area contributed by atoms with Crippen molar-refractivity contribution in [1.29, 1.82) is 0 Å². The van der Waals surface area contributed by atoms with E-state index in [1.807, 2.05) is 0 Å². The van der Waals surface area contributed by atoms with Crippen molar-refractivity contribution in [2.45, 2.75) is 38.1 Å². The Balaban J connectivity index is 2.89. The number of nitrogens with one attached hydrogen (secondary N) is 2. The second-order valence-corrected chi connectivity index (χ2v) is 6.99. The topological polar surface area (TPSA) is 84.2 Å². The summed E-state index contributed by atoms with van der Waals surface area (Å²) in [6.45, 7) is 6.42. The third kappa shape index (κ3) is 4.40. The average molecular weight is 285 g/mol. The molecule has 0 aliphatic heterocycles. The maximum atomic E-state index is 11.7. The Kier molecular flexibility index (Phi) is 5.20. The predicted molar refractivity (Wildman–Crippen MR) is 79.6 cm³/mol. The second-order valence-electron chi connectivity index (χ2n) is 5.14. The van der Waals surface area contributed by atoms with Crippen LogP contribution < -0.4 is 15.8 Å². The molecule has 0 radical (unpaired) electrons. The Morgan fingerprint density at radius 1 is 1.26 bits per heavy atom. The van der Waals surface area contributed by atoms with Crippen molar-refractivity contribution in [2.24, 2.45) is 5.92 Å². The van der Waals surface area contributed by atoms with E-state index in [0.29, 0.717) is 12.0 Å². The molecule has 19 heavy (non-hydrogen) atoms. The smallest absolute Gasteiger partial charge is 0.242 e. The monoisotopic (exact) mass is 285 g/mol. The Labute approximate surface area is 115 Å². The zero-order valence-electron chi connectivity index (χ0n) is 11.9. The van der Waals surface area contributed by atoms with Gasteiger partial charge in [-0.3, -0.25) is 0 Å². The van der Waals surface area contributed by atoms with Gasteiger partial charge in [0.05, 0.1) is 5.69 Å². The third-order valence-corrected chi connectivity index (χ3v) is 4.29. The Bertz CT molecular complexity index is 527. The van der Waals surface area contributed by atoms with Crippen molar-refractivity contribution in [2.75, 3.05) is 18.1 Å². The first kappa shape index (κ1) is 15.8. The van der Waals surface area contributed by atoms with Gasteiger partial charge >= 0.3 is 0 Å². The molecule has 1 unspecified atom stereocenters. The van der Waals surface area contributed by atoms with Crippen LogP contribution in [0, 0.1) is 5.92 Å². The van der Waals surface area contributed by atoms with E-state index in [2.05, 4.69) is 30.8 Å². The zero-order chi connectivity index (χ0) is 14.6. The van der Waals surface area contributed by atoms with Crippen LogP contribution in [0.5, 0.6) is 0 Å². The lowest BCUT2D eigenvalue weighted by molar-refractivity contribution is 0.540. The van der Waals surface area contributed by atoms with E-state index in [1.54, 1.807) is 12.1 Å². The van der Waals surface area contributed by atoms with Crippen molar-refractivity contribution in [1.82, 2.24) is 4.72 Å². The Morgan fingerprint density at radius 2 is 1.89 bits per heavy atom. The maximum absolute atomic E-state index is 11.7. The number of hydrogen-bond donors (Lipinski definition) is 3. The number of hydrogen-bond acceptors (Lipinski definition) is 4. The van der Waals surface area contributed by atoms with E-state index >= 15 is 0 Å². The summed E-state index contributed by atoms with van der Waals surface area (Å²) in [6.07, 6.45) is 1.04. The highest BCUT2D eigenvalue weighted by Gasteiger charge is 2.15. The predicted octanol–water partition coefficient (Wildman–Crippen LogP) is 2.02. The van der Waals surface area contributed by atoms with E-state index in [9.17, 15) is 8.42 Å². The molecule has 4 N–H and O–H groups in total. The Hall–Kier alpha value is -1.27. The van der Waals surface area contributed by atoms with E-state index in [1.165, 1.54) is 13.1 Å². The molecule has 0 saturated heterocycles. The first-order valence-corrected chi connectivity index (χ1v) is 7.84. The van der Waals surface area contributed by atoms with E-state index < -0.39 is 10.0 Å². The molecule has 0 aliphatic rings. The largest absolute Gasteiger partial charge is 0.398 e. The summed E-state index contributed by atoms with van der Waals surface area (Å²) in [6, 6.07) is 5.22. The van der Waals surface area contributed by atoms with E-state index in [4.69, 9.17) is 5.73 Å². The third-order valence-electron chi connectivity index (χ3n) is 2.81. The summed E-state index contributed by atoms with van der Waals surface area (Å²) in [5, 5.41) is 3.32. The fourth-order valence-electron chi connectivity index (χ4n) is 2.04. The molecule has 0 saturated carbocycles. The van der Waals surface area contributed by atoms with Crippen molar-refractivity contribution < 1.29 is 8.42 Å². The number of sulfonamides is 1. The summed E-state index contributed by atoms with van der Waals surface area (Å²) in [7, 11) is -2.13. The maximum Gasteiger partial charge on any atom is 0.242 e. The highest BCUT2D eigenvalue weighted by Crippen LogP contribution is 2.23. The van der Waals surface area contributed by atoms with Gasteiger partial charge in [0, 0.05) is 11.7 Å². The summed E-state index contributed by atoms with van der Waals surface area (Å²) >= 11 is 0. The standard InChI is InChI=1S/C13H23N3O2S/c1-9(2)7-10(3)16-11-5-6-13(12(14)8-11)19(17,18)15-4/h5-6,8-10,15-16H,7,14H2,1-4H3. The summed E-state index contributed by atoms with van der Waals surface area (Å²) in [4.78, 5) is 0.108. The lowest BCUT2D eigenvalue weighted by atomic mass is 10.1. The number of rotatable bonds is 6. The minimum atomic E-state index is -3.50. The van der Waals surface area contributed by atoms with Gasteiger partial charge in [-0.25, -0.2) is 13.1 Å². The highest BCUT2D eigenvalue weighted by molar-refractivity contribution is 7.89. The molecule has 1 rings (SSSR count). The minimum Gasteiger partial charge on any atom is -0.398 e. The fourth-order valence-corrected chi connectivity index (χ4v) is 2.88. The van der Waals surface area contributed by atoms with Crippen LogP contribution in [0.25, 0.3) is 0 Å². The van der Waals surface area contributed by atoms with Crippen LogP contribution in [-0.4, -0.2) is 21.5 Å². The molecule has 108 valence electrons. The lowest BCUT2D eigenvalue weighted by Gasteiger charge is -2.18. The molecule has 0 aliphatic carbocycles.